The van der Waals surface area contributed by atoms with Crippen LogP contribution in [0.3, 0.4) is 0 Å². The number of hydrogen-bond donors (Lipinski definition) is 0. The molecular formula is C11H15ClOS. The molecule has 0 aliphatic heterocycles. The van der Waals surface area contributed by atoms with Crippen LogP contribution in [0.1, 0.15) is 47.2 Å². The van der Waals surface area contributed by atoms with Crippen molar-refractivity contribution in [1.29, 1.82) is 0 Å². The number of hydrogen-bond acceptors (Lipinski definition) is 2. The molecule has 78 valence electrons. The van der Waals surface area contributed by atoms with Crippen molar-refractivity contribution < 1.29 is 4.79 Å². The van der Waals surface area contributed by atoms with Gasteiger partial charge < -0.3 is 0 Å². The van der Waals surface area contributed by atoms with E-state index in [9.17, 15) is 4.79 Å². The van der Waals surface area contributed by atoms with Gasteiger partial charge in [0, 0.05) is 4.88 Å². The number of thiophene rings is 1. The third-order valence-corrected chi connectivity index (χ3v) is 3.59. The summed E-state index contributed by atoms with van der Waals surface area (Å²) in [6.45, 7) is 2.20. The molecule has 0 fully saturated rings. The first-order chi connectivity index (χ1) is 6.74. The van der Waals surface area contributed by atoms with Crippen molar-refractivity contribution in [1.82, 2.24) is 0 Å². The lowest BCUT2D eigenvalue weighted by Gasteiger charge is -1.96. The summed E-state index contributed by atoms with van der Waals surface area (Å²) in [6.07, 6.45) is 6.13. The monoisotopic (exact) mass is 230 g/mol. The van der Waals surface area contributed by atoms with Gasteiger partial charge in [0.25, 0.3) is 5.24 Å². The summed E-state index contributed by atoms with van der Waals surface area (Å²) in [7, 11) is 0. The van der Waals surface area contributed by atoms with Crippen LogP contribution in [0.5, 0.6) is 0 Å². The predicted molar refractivity (Wildman–Crippen MR) is 62.3 cm³/mol. The van der Waals surface area contributed by atoms with Crippen molar-refractivity contribution in [2.75, 3.05) is 0 Å². The van der Waals surface area contributed by atoms with Gasteiger partial charge in [0.2, 0.25) is 0 Å². The minimum Gasteiger partial charge on any atom is -0.275 e. The van der Waals surface area contributed by atoms with Crippen LogP contribution in [0.4, 0.5) is 0 Å². The predicted octanol–water partition coefficient (Wildman–Crippen LogP) is 4.25. The number of carbonyl (C=O) groups excluding carboxylic acids is 1. The summed E-state index contributed by atoms with van der Waals surface area (Å²) in [5, 5.41) is -0.338. The maximum Gasteiger partial charge on any atom is 0.262 e. The SMILES string of the molecule is CCCCCCc1ccc(C(=O)Cl)s1. The van der Waals surface area contributed by atoms with Crippen LogP contribution in [-0.2, 0) is 6.42 Å². The first-order valence-corrected chi connectivity index (χ1v) is 6.22. The molecule has 0 N–H and O–H groups in total. The van der Waals surface area contributed by atoms with Crippen LogP contribution in [0.15, 0.2) is 12.1 Å². The molecule has 0 aromatic carbocycles. The maximum atomic E-state index is 10.8. The molecule has 14 heavy (non-hydrogen) atoms. The minimum absolute atomic E-state index is 0.338. The first kappa shape index (κ1) is 11.7. The Balaban J connectivity index is 2.33. The Morgan fingerprint density at radius 1 is 1.36 bits per heavy atom. The lowest BCUT2D eigenvalue weighted by Crippen LogP contribution is -1.81. The number of aryl methyl sites for hydroxylation is 1. The van der Waals surface area contributed by atoms with Crippen LogP contribution in [-0.4, -0.2) is 5.24 Å². The van der Waals surface area contributed by atoms with Gasteiger partial charge in [-0.1, -0.05) is 26.2 Å². The van der Waals surface area contributed by atoms with Gasteiger partial charge in [-0.3, -0.25) is 4.79 Å². The Morgan fingerprint density at radius 3 is 2.71 bits per heavy atom. The second-order valence-corrected chi connectivity index (χ2v) is 4.86. The number of carbonyl (C=O) groups is 1. The largest absolute Gasteiger partial charge is 0.275 e. The average Bonchev–Trinajstić information content (AvgIpc) is 2.61. The molecule has 0 saturated carbocycles. The van der Waals surface area contributed by atoms with Crippen molar-refractivity contribution in [3.05, 3.63) is 21.9 Å². The van der Waals surface area contributed by atoms with E-state index in [-0.39, 0.29) is 5.24 Å². The van der Waals surface area contributed by atoms with Crippen molar-refractivity contribution in [3.63, 3.8) is 0 Å². The third kappa shape index (κ3) is 3.81. The molecule has 3 heteroatoms. The lowest BCUT2D eigenvalue weighted by molar-refractivity contribution is 0.108. The van der Waals surface area contributed by atoms with E-state index >= 15 is 0 Å². The molecule has 1 aromatic rings. The molecule has 0 bridgehead atoms. The standard InChI is InChI=1S/C11H15ClOS/c1-2-3-4-5-6-9-7-8-10(14-9)11(12)13/h7-8H,2-6H2,1H3. The van der Waals surface area contributed by atoms with Crippen LogP contribution >= 0.6 is 22.9 Å². The highest BCUT2D eigenvalue weighted by Gasteiger charge is 2.05. The molecule has 0 aliphatic carbocycles. The maximum absolute atomic E-state index is 10.8. The minimum atomic E-state index is -0.338. The smallest absolute Gasteiger partial charge is 0.262 e. The molecule has 0 atom stereocenters. The zero-order valence-corrected chi connectivity index (χ0v) is 9.96. The van der Waals surface area contributed by atoms with E-state index in [0.29, 0.717) is 4.88 Å². The van der Waals surface area contributed by atoms with Crippen LogP contribution in [0.25, 0.3) is 0 Å². The lowest BCUT2D eigenvalue weighted by atomic mass is 10.1. The summed E-state index contributed by atoms with van der Waals surface area (Å²) in [5.74, 6) is 0. The Bertz CT molecular complexity index is 293. The molecule has 0 aliphatic rings. The van der Waals surface area contributed by atoms with E-state index in [2.05, 4.69) is 6.92 Å². The molecular weight excluding hydrogens is 216 g/mol. The van der Waals surface area contributed by atoms with E-state index in [1.165, 1.54) is 41.9 Å². The highest BCUT2D eigenvalue weighted by atomic mass is 35.5. The Kier molecular flexibility index (Phi) is 5.20. The highest BCUT2D eigenvalue weighted by Crippen LogP contribution is 2.20. The van der Waals surface area contributed by atoms with Crippen molar-refractivity contribution in [2.24, 2.45) is 0 Å². The van der Waals surface area contributed by atoms with Gasteiger partial charge in [0.05, 0.1) is 4.88 Å². The molecule has 0 radical (unpaired) electrons. The Morgan fingerprint density at radius 2 is 2.14 bits per heavy atom. The van der Waals surface area contributed by atoms with Gasteiger partial charge in [-0.25, -0.2) is 0 Å². The third-order valence-electron chi connectivity index (χ3n) is 2.13. The van der Waals surface area contributed by atoms with Gasteiger partial charge in [-0.2, -0.15) is 0 Å². The summed E-state index contributed by atoms with van der Waals surface area (Å²) in [5.41, 5.74) is 0. The Hall–Kier alpha value is -0.340. The fourth-order valence-electron chi connectivity index (χ4n) is 1.34. The van der Waals surface area contributed by atoms with Crippen molar-refractivity contribution in [3.8, 4) is 0 Å². The van der Waals surface area contributed by atoms with Crippen molar-refractivity contribution >= 4 is 28.2 Å². The van der Waals surface area contributed by atoms with Crippen LogP contribution in [0, 0.1) is 0 Å². The topological polar surface area (TPSA) is 17.1 Å². The van der Waals surface area contributed by atoms with E-state index < -0.39 is 0 Å². The van der Waals surface area contributed by atoms with Crippen LogP contribution in [0.2, 0.25) is 0 Å². The molecule has 0 saturated heterocycles. The average molecular weight is 231 g/mol. The van der Waals surface area contributed by atoms with Gasteiger partial charge in [-0.15, -0.1) is 11.3 Å². The van der Waals surface area contributed by atoms with Gasteiger partial charge in [0.1, 0.15) is 0 Å². The normalized spacial score (nSPS) is 10.4. The summed E-state index contributed by atoms with van der Waals surface area (Å²) >= 11 is 6.89. The van der Waals surface area contributed by atoms with Crippen molar-refractivity contribution in [2.45, 2.75) is 39.0 Å². The second kappa shape index (κ2) is 6.20. The van der Waals surface area contributed by atoms with Gasteiger partial charge in [0.15, 0.2) is 0 Å². The molecule has 0 unspecified atom stereocenters. The molecule has 1 nitrogen and oxygen atoms in total. The molecule has 0 spiro atoms. The highest BCUT2D eigenvalue weighted by molar-refractivity contribution is 7.15. The molecule has 1 heterocycles. The van der Waals surface area contributed by atoms with Gasteiger partial charge >= 0.3 is 0 Å². The van der Waals surface area contributed by atoms with Gasteiger partial charge in [-0.05, 0) is 36.6 Å². The van der Waals surface area contributed by atoms with E-state index in [4.69, 9.17) is 11.6 Å². The molecule has 1 aromatic heterocycles. The number of rotatable bonds is 6. The van der Waals surface area contributed by atoms with E-state index in [1.54, 1.807) is 0 Å². The second-order valence-electron chi connectivity index (χ2n) is 3.35. The zero-order valence-electron chi connectivity index (χ0n) is 8.38. The number of halogens is 1. The van der Waals surface area contributed by atoms with E-state index in [1.807, 2.05) is 12.1 Å². The van der Waals surface area contributed by atoms with E-state index in [0.717, 1.165) is 6.42 Å². The first-order valence-electron chi connectivity index (χ1n) is 5.02. The number of unbranched alkanes of at least 4 members (excludes halogenated alkanes) is 3. The quantitative estimate of drug-likeness (QED) is 0.528. The fraction of sp³-hybridized carbons (Fsp3) is 0.545. The summed E-state index contributed by atoms with van der Waals surface area (Å²) in [4.78, 5) is 12.7. The van der Waals surface area contributed by atoms with Crippen LogP contribution < -0.4 is 0 Å². The Labute approximate surface area is 94.1 Å². The molecule has 0 amide bonds. The summed E-state index contributed by atoms with van der Waals surface area (Å²) < 4.78 is 0. The fourth-order valence-corrected chi connectivity index (χ4v) is 2.40. The molecule has 1 rings (SSSR count). The summed E-state index contributed by atoms with van der Waals surface area (Å²) in [6, 6.07) is 3.82. The zero-order chi connectivity index (χ0) is 10.4.